The second kappa shape index (κ2) is 4.69. The van der Waals surface area contributed by atoms with Gasteiger partial charge in [-0.1, -0.05) is 12.1 Å². The van der Waals surface area contributed by atoms with E-state index in [-0.39, 0.29) is 0 Å². The van der Waals surface area contributed by atoms with Gasteiger partial charge in [0, 0.05) is 12.3 Å². The van der Waals surface area contributed by atoms with E-state index in [1.165, 1.54) is 0 Å². The molecule has 0 fully saturated rings. The molecule has 0 aliphatic heterocycles. The molecule has 1 aromatic carbocycles. The highest BCUT2D eigenvalue weighted by molar-refractivity contribution is 5.94. The summed E-state index contributed by atoms with van der Waals surface area (Å²) in [6, 6.07) is 6.52. The van der Waals surface area contributed by atoms with E-state index in [0.717, 1.165) is 6.20 Å². The number of nitrogens with one attached hydrogen (secondary N) is 1. The van der Waals surface area contributed by atoms with Gasteiger partial charge in [-0.05, 0) is 12.1 Å². The van der Waals surface area contributed by atoms with Crippen molar-refractivity contribution in [1.29, 1.82) is 0 Å². The highest BCUT2D eigenvalue weighted by Crippen LogP contribution is 2.18. The highest BCUT2D eigenvalue weighted by Gasteiger charge is 2.35. The second-order valence-corrected chi connectivity index (χ2v) is 2.93. The summed E-state index contributed by atoms with van der Waals surface area (Å²) >= 11 is 0. The third-order valence-electron chi connectivity index (χ3n) is 1.71. The van der Waals surface area contributed by atoms with Crippen LogP contribution in [0.5, 0.6) is 0 Å². The van der Waals surface area contributed by atoms with Crippen LogP contribution in [0.4, 0.5) is 24.5 Å². The smallest absolute Gasteiger partial charge is 0.397 e. The normalized spacial score (nSPS) is 11.7. The van der Waals surface area contributed by atoms with Crippen molar-refractivity contribution in [1.82, 2.24) is 0 Å². The van der Waals surface area contributed by atoms with Gasteiger partial charge in [0.1, 0.15) is 0 Å². The fraction of sp³-hybridized carbons (Fsp3) is 0.100. The van der Waals surface area contributed by atoms with Crippen molar-refractivity contribution >= 4 is 17.2 Å². The molecule has 0 saturated carbocycles. The van der Waals surface area contributed by atoms with Crippen LogP contribution in [0.3, 0.4) is 0 Å². The van der Waals surface area contributed by atoms with E-state index in [1.807, 2.05) is 0 Å². The van der Waals surface area contributed by atoms with E-state index in [2.05, 4.69) is 5.32 Å². The predicted octanol–water partition coefficient (Wildman–Crippen LogP) is 2.33. The van der Waals surface area contributed by atoms with Crippen LogP contribution in [-0.2, 0) is 4.79 Å². The first-order chi connectivity index (χ1) is 7.41. The van der Waals surface area contributed by atoms with E-state index >= 15 is 0 Å². The minimum Gasteiger partial charge on any atom is -0.397 e. The average molecular weight is 230 g/mol. The molecule has 3 nitrogen and oxygen atoms in total. The number of rotatable bonds is 3. The number of nitrogen functional groups attached to an aromatic ring is 1. The van der Waals surface area contributed by atoms with Crippen LogP contribution in [0.1, 0.15) is 0 Å². The number of alkyl halides is 3. The Labute approximate surface area is 89.7 Å². The molecular weight excluding hydrogens is 221 g/mol. The molecule has 0 aliphatic carbocycles. The van der Waals surface area contributed by atoms with Gasteiger partial charge in [-0.15, -0.1) is 0 Å². The van der Waals surface area contributed by atoms with Crippen LogP contribution in [0, 0.1) is 0 Å². The lowest BCUT2D eigenvalue weighted by molar-refractivity contribution is -0.165. The zero-order valence-electron chi connectivity index (χ0n) is 8.08. The number of benzene rings is 1. The van der Waals surface area contributed by atoms with Gasteiger partial charge >= 0.3 is 6.18 Å². The molecule has 0 radical (unpaired) electrons. The molecule has 0 spiro atoms. The van der Waals surface area contributed by atoms with Gasteiger partial charge in [-0.2, -0.15) is 13.2 Å². The van der Waals surface area contributed by atoms with Crippen molar-refractivity contribution in [2.45, 2.75) is 6.18 Å². The first-order valence-corrected chi connectivity index (χ1v) is 4.30. The number of carbonyl (C=O) groups is 1. The maximum Gasteiger partial charge on any atom is 0.454 e. The molecule has 6 heteroatoms. The topological polar surface area (TPSA) is 55.1 Å². The number of carbonyl (C=O) groups excluding carboxylic acids is 1. The average Bonchev–Trinajstić information content (AvgIpc) is 2.19. The number of anilines is 2. The van der Waals surface area contributed by atoms with Crippen LogP contribution >= 0.6 is 0 Å². The molecule has 16 heavy (non-hydrogen) atoms. The number of nitrogens with two attached hydrogens (primary N) is 1. The molecule has 0 aromatic heterocycles. The van der Waals surface area contributed by atoms with Crippen molar-refractivity contribution in [2.24, 2.45) is 0 Å². The number of ketones is 1. The summed E-state index contributed by atoms with van der Waals surface area (Å²) in [5.41, 5.74) is 6.34. The summed E-state index contributed by atoms with van der Waals surface area (Å²) in [5.74, 6) is -1.92. The van der Waals surface area contributed by atoms with Crippen molar-refractivity contribution in [2.75, 3.05) is 11.1 Å². The lowest BCUT2D eigenvalue weighted by atomic mass is 10.3. The van der Waals surface area contributed by atoms with Crippen molar-refractivity contribution < 1.29 is 18.0 Å². The SMILES string of the molecule is Nc1ccccc1N/C=C\C(=O)C(F)(F)F. The molecule has 0 heterocycles. The monoisotopic (exact) mass is 230 g/mol. The number of halogens is 3. The first-order valence-electron chi connectivity index (χ1n) is 4.30. The van der Waals surface area contributed by atoms with Gasteiger partial charge in [0.25, 0.3) is 5.78 Å². The fourth-order valence-electron chi connectivity index (χ4n) is 0.930. The third kappa shape index (κ3) is 3.30. The third-order valence-corrected chi connectivity index (χ3v) is 1.71. The van der Waals surface area contributed by atoms with E-state index in [0.29, 0.717) is 17.5 Å². The fourth-order valence-corrected chi connectivity index (χ4v) is 0.930. The van der Waals surface area contributed by atoms with Crippen LogP contribution in [0.25, 0.3) is 0 Å². The summed E-state index contributed by atoms with van der Waals surface area (Å²) in [5, 5.41) is 2.49. The Bertz CT molecular complexity index is 413. The predicted molar refractivity (Wildman–Crippen MR) is 54.7 cm³/mol. The molecule has 0 atom stereocenters. The van der Waals surface area contributed by atoms with E-state index in [4.69, 9.17) is 5.73 Å². The Kier molecular flexibility index (Phi) is 3.55. The molecule has 0 amide bonds. The minimum atomic E-state index is -4.85. The Morgan fingerprint density at radius 3 is 2.50 bits per heavy atom. The summed E-state index contributed by atoms with van der Waals surface area (Å²) < 4.78 is 35.4. The standard InChI is InChI=1S/C10H9F3N2O/c11-10(12,13)9(16)5-6-15-8-4-2-1-3-7(8)14/h1-6,15H,14H2/b6-5-. The number of allylic oxidation sites excluding steroid dienone is 1. The molecule has 0 aliphatic rings. The Morgan fingerprint density at radius 1 is 1.31 bits per heavy atom. The molecule has 0 bridgehead atoms. The van der Waals surface area contributed by atoms with Crippen molar-refractivity contribution in [3.05, 3.63) is 36.5 Å². The molecular formula is C10H9F3N2O. The highest BCUT2D eigenvalue weighted by atomic mass is 19.4. The van der Waals surface area contributed by atoms with Gasteiger partial charge in [-0.3, -0.25) is 4.79 Å². The minimum absolute atomic E-state index is 0.381. The lowest BCUT2D eigenvalue weighted by Crippen LogP contribution is -2.20. The van der Waals surface area contributed by atoms with Gasteiger partial charge in [-0.25, -0.2) is 0 Å². The Balaban J connectivity index is 2.62. The van der Waals surface area contributed by atoms with Crippen molar-refractivity contribution in [3.63, 3.8) is 0 Å². The summed E-state index contributed by atoms with van der Waals surface area (Å²) in [6.07, 6.45) is -3.53. The Morgan fingerprint density at radius 2 is 1.94 bits per heavy atom. The van der Waals surface area contributed by atoms with Gasteiger partial charge < -0.3 is 11.1 Å². The maximum atomic E-state index is 11.8. The van der Waals surface area contributed by atoms with Crippen LogP contribution in [0.15, 0.2) is 36.5 Å². The lowest BCUT2D eigenvalue weighted by Gasteiger charge is -2.04. The number of para-hydroxylation sites is 2. The maximum absolute atomic E-state index is 11.8. The first kappa shape index (κ1) is 12.1. The van der Waals surface area contributed by atoms with Crippen molar-refractivity contribution in [3.8, 4) is 0 Å². The zero-order valence-corrected chi connectivity index (χ0v) is 8.08. The van der Waals surface area contributed by atoms with Crippen LogP contribution in [0.2, 0.25) is 0 Å². The largest absolute Gasteiger partial charge is 0.454 e. The van der Waals surface area contributed by atoms with E-state index < -0.39 is 12.0 Å². The number of hydrogen-bond acceptors (Lipinski definition) is 3. The van der Waals surface area contributed by atoms with Gasteiger partial charge in [0.15, 0.2) is 0 Å². The van der Waals surface area contributed by atoms with Gasteiger partial charge in [0.05, 0.1) is 11.4 Å². The summed E-state index contributed by atoms with van der Waals surface area (Å²) in [7, 11) is 0. The molecule has 1 rings (SSSR count). The second-order valence-electron chi connectivity index (χ2n) is 2.93. The van der Waals surface area contributed by atoms with E-state index in [1.54, 1.807) is 24.3 Å². The van der Waals surface area contributed by atoms with Gasteiger partial charge in [0.2, 0.25) is 0 Å². The molecule has 3 N–H and O–H groups in total. The van der Waals surface area contributed by atoms with Crippen LogP contribution in [-0.4, -0.2) is 12.0 Å². The summed E-state index contributed by atoms with van der Waals surface area (Å²) in [6.45, 7) is 0. The zero-order chi connectivity index (χ0) is 12.2. The number of hydrogen-bond donors (Lipinski definition) is 2. The quantitative estimate of drug-likeness (QED) is 0.619. The summed E-state index contributed by atoms with van der Waals surface area (Å²) in [4.78, 5) is 10.5. The Hall–Kier alpha value is -1.98. The van der Waals surface area contributed by atoms with Crippen LogP contribution < -0.4 is 11.1 Å². The molecule has 86 valence electrons. The van der Waals surface area contributed by atoms with E-state index in [9.17, 15) is 18.0 Å². The molecule has 0 unspecified atom stereocenters. The molecule has 1 aromatic rings. The molecule has 0 saturated heterocycles.